The van der Waals surface area contributed by atoms with Crippen LogP contribution >= 0.6 is 0 Å². The van der Waals surface area contributed by atoms with Crippen molar-refractivity contribution in [1.82, 2.24) is 4.98 Å². The molecule has 20 heavy (non-hydrogen) atoms. The normalized spacial score (nSPS) is 10.7. The first kappa shape index (κ1) is 14.4. The highest BCUT2D eigenvalue weighted by Crippen LogP contribution is 2.25. The lowest BCUT2D eigenvalue weighted by Crippen LogP contribution is -2.01. The Hall–Kier alpha value is -2.03. The Bertz CT molecular complexity index is 579. The smallest absolute Gasteiger partial charge is 0.130 e. The summed E-state index contributed by atoms with van der Waals surface area (Å²) in [6.45, 7) is 6.92. The number of ether oxygens (including phenoxy) is 1. The molecule has 1 aromatic heterocycles. The maximum absolute atomic E-state index is 5.92. The van der Waals surface area contributed by atoms with Gasteiger partial charge < -0.3 is 10.1 Å². The second-order valence-electron chi connectivity index (χ2n) is 5.25. The summed E-state index contributed by atoms with van der Waals surface area (Å²) in [4.78, 5) is 4.32. The van der Waals surface area contributed by atoms with Crippen molar-refractivity contribution in [3.8, 4) is 5.75 Å². The van der Waals surface area contributed by atoms with Gasteiger partial charge in [0, 0.05) is 18.9 Å². The Labute approximate surface area is 121 Å². The van der Waals surface area contributed by atoms with Gasteiger partial charge >= 0.3 is 0 Å². The van der Waals surface area contributed by atoms with Gasteiger partial charge in [0.05, 0.1) is 5.69 Å². The summed E-state index contributed by atoms with van der Waals surface area (Å²) in [6, 6.07) is 10.3. The number of hydrogen-bond acceptors (Lipinski definition) is 3. The number of benzene rings is 1. The van der Waals surface area contributed by atoms with E-state index in [9.17, 15) is 0 Å². The molecule has 2 aromatic rings. The number of pyridine rings is 1. The maximum atomic E-state index is 5.92. The SMILES string of the molecule is CNc1ccnc(COc2cc(C(C)C)ccc2C)c1. The van der Waals surface area contributed by atoms with Crippen LogP contribution in [-0.2, 0) is 6.61 Å². The lowest BCUT2D eigenvalue weighted by atomic mass is 10.0. The van der Waals surface area contributed by atoms with Crippen molar-refractivity contribution in [3.63, 3.8) is 0 Å². The molecule has 1 N–H and O–H groups in total. The molecule has 0 saturated carbocycles. The van der Waals surface area contributed by atoms with Crippen molar-refractivity contribution in [2.24, 2.45) is 0 Å². The monoisotopic (exact) mass is 270 g/mol. The highest BCUT2D eigenvalue weighted by atomic mass is 16.5. The van der Waals surface area contributed by atoms with Gasteiger partial charge in [-0.3, -0.25) is 4.98 Å². The number of rotatable bonds is 5. The summed E-state index contributed by atoms with van der Waals surface area (Å²) < 4.78 is 5.92. The number of hydrogen-bond donors (Lipinski definition) is 1. The Morgan fingerprint density at radius 1 is 1.20 bits per heavy atom. The van der Waals surface area contributed by atoms with Gasteiger partial charge in [-0.05, 0) is 42.2 Å². The molecule has 2 rings (SSSR count). The molecule has 0 saturated heterocycles. The lowest BCUT2D eigenvalue weighted by molar-refractivity contribution is 0.299. The molecule has 0 amide bonds. The largest absolute Gasteiger partial charge is 0.487 e. The predicted octanol–water partition coefficient (Wildman–Crippen LogP) is 4.13. The van der Waals surface area contributed by atoms with Crippen LogP contribution in [0.4, 0.5) is 5.69 Å². The van der Waals surface area contributed by atoms with Crippen molar-refractivity contribution in [1.29, 1.82) is 0 Å². The Morgan fingerprint density at radius 2 is 2.00 bits per heavy atom. The van der Waals surface area contributed by atoms with Crippen LogP contribution in [0.5, 0.6) is 5.75 Å². The summed E-state index contributed by atoms with van der Waals surface area (Å²) in [5.74, 6) is 1.44. The Kier molecular flexibility index (Phi) is 4.61. The fourth-order valence-electron chi connectivity index (χ4n) is 2.00. The molecular weight excluding hydrogens is 248 g/mol. The van der Waals surface area contributed by atoms with Gasteiger partial charge in [0.15, 0.2) is 0 Å². The Morgan fingerprint density at radius 3 is 2.70 bits per heavy atom. The number of nitrogens with one attached hydrogen (secondary N) is 1. The Balaban J connectivity index is 2.11. The van der Waals surface area contributed by atoms with Crippen molar-refractivity contribution in [2.45, 2.75) is 33.3 Å². The van der Waals surface area contributed by atoms with Crippen LogP contribution in [0, 0.1) is 6.92 Å². The molecule has 1 aromatic carbocycles. The van der Waals surface area contributed by atoms with Gasteiger partial charge in [-0.25, -0.2) is 0 Å². The predicted molar refractivity (Wildman–Crippen MR) is 83.4 cm³/mol. The van der Waals surface area contributed by atoms with Crippen molar-refractivity contribution in [2.75, 3.05) is 12.4 Å². The third-order valence-electron chi connectivity index (χ3n) is 3.36. The summed E-state index contributed by atoms with van der Waals surface area (Å²) in [5, 5.41) is 3.11. The second kappa shape index (κ2) is 6.42. The van der Waals surface area contributed by atoms with E-state index >= 15 is 0 Å². The van der Waals surface area contributed by atoms with E-state index in [1.165, 1.54) is 5.56 Å². The van der Waals surface area contributed by atoms with E-state index < -0.39 is 0 Å². The van der Waals surface area contributed by atoms with Crippen LogP contribution in [-0.4, -0.2) is 12.0 Å². The number of nitrogens with zero attached hydrogens (tertiary/aromatic N) is 1. The second-order valence-corrected chi connectivity index (χ2v) is 5.25. The van der Waals surface area contributed by atoms with Crippen LogP contribution in [0.25, 0.3) is 0 Å². The van der Waals surface area contributed by atoms with Crippen molar-refractivity contribution >= 4 is 5.69 Å². The average molecular weight is 270 g/mol. The first-order valence-electron chi connectivity index (χ1n) is 6.96. The summed E-state index contributed by atoms with van der Waals surface area (Å²) in [5.41, 5.74) is 4.42. The summed E-state index contributed by atoms with van der Waals surface area (Å²) >= 11 is 0. The van der Waals surface area contributed by atoms with Crippen molar-refractivity contribution < 1.29 is 4.74 Å². The molecule has 0 spiro atoms. The molecule has 3 nitrogen and oxygen atoms in total. The third kappa shape index (κ3) is 3.50. The zero-order valence-electron chi connectivity index (χ0n) is 12.6. The maximum Gasteiger partial charge on any atom is 0.130 e. The molecular formula is C17H22N2O. The van der Waals surface area contributed by atoms with E-state index in [4.69, 9.17) is 4.74 Å². The molecule has 0 aliphatic rings. The van der Waals surface area contributed by atoms with E-state index in [2.05, 4.69) is 49.3 Å². The topological polar surface area (TPSA) is 34.2 Å². The van der Waals surface area contributed by atoms with E-state index in [1.54, 1.807) is 6.20 Å². The van der Waals surface area contributed by atoms with Crippen LogP contribution in [0.1, 0.15) is 36.6 Å². The summed E-state index contributed by atoms with van der Waals surface area (Å²) in [7, 11) is 1.90. The molecule has 0 radical (unpaired) electrons. The molecule has 0 aliphatic heterocycles. The van der Waals surface area contributed by atoms with E-state index in [0.717, 1.165) is 22.7 Å². The van der Waals surface area contributed by atoms with Gasteiger partial charge in [0.1, 0.15) is 12.4 Å². The van der Waals surface area contributed by atoms with E-state index in [-0.39, 0.29) is 0 Å². The third-order valence-corrected chi connectivity index (χ3v) is 3.36. The number of aryl methyl sites for hydroxylation is 1. The van der Waals surface area contributed by atoms with Crippen LogP contribution in [0.15, 0.2) is 36.5 Å². The molecule has 0 bridgehead atoms. The highest BCUT2D eigenvalue weighted by molar-refractivity contribution is 5.42. The molecule has 1 heterocycles. The highest BCUT2D eigenvalue weighted by Gasteiger charge is 2.05. The minimum atomic E-state index is 0.484. The molecule has 0 unspecified atom stereocenters. The molecule has 0 atom stereocenters. The van der Waals surface area contributed by atoms with Crippen LogP contribution < -0.4 is 10.1 Å². The average Bonchev–Trinajstić information content (AvgIpc) is 2.46. The molecule has 0 aliphatic carbocycles. The van der Waals surface area contributed by atoms with Crippen LogP contribution in [0.3, 0.4) is 0 Å². The molecule has 106 valence electrons. The van der Waals surface area contributed by atoms with Crippen LogP contribution in [0.2, 0.25) is 0 Å². The van der Waals surface area contributed by atoms with E-state index in [1.807, 2.05) is 19.2 Å². The first-order chi connectivity index (χ1) is 9.60. The molecule has 3 heteroatoms. The van der Waals surface area contributed by atoms with Gasteiger partial charge in [-0.15, -0.1) is 0 Å². The number of anilines is 1. The van der Waals surface area contributed by atoms with E-state index in [0.29, 0.717) is 12.5 Å². The fraction of sp³-hybridized carbons (Fsp3) is 0.353. The minimum absolute atomic E-state index is 0.484. The number of aromatic nitrogens is 1. The quantitative estimate of drug-likeness (QED) is 0.887. The van der Waals surface area contributed by atoms with Gasteiger partial charge in [0.2, 0.25) is 0 Å². The first-order valence-corrected chi connectivity index (χ1v) is 6.96. The zero-order valence-corrected chi connectivity index (χ0v) is 12.6. The van der Waals surface area contributed by atoms with Crippen molar-refractivity contribution in [3.05, 3.63) is 53.3 Å². The van der Waals surface area contributed by atoms with Gasteiger partial charge in [0.25, 0.3) is 0 Å². The zero-order chi connectivity index (χ0) is 14.5. The standard InChI is InChI=1S/C17H22N2O/c1-12(2)14-6-5-13(3)17(9-14)20-11-16-10-15(18-4)7-8-19-16/h5-10,12H,11H2,1-4H3,(H,18,19). The minimum Gasteiger partial charge on any atom is -0.487 e. The lowest BCUT2D eigenvalue weighted by Gasteiger charge is -2.13. The summed E-state index contributed by atoms with van der Waals surface area (Å²) in [6.07, 6.45) is 1.79. The van der Waals surface area contributed by atoms with Gasteiger partial charge in [-0.2, -0.15) is 0 Å². The van der Waals surface area contributed by atoms with Gasteiger partial charge in [-0.1, -0.05) is 26.0 Å². The molecule has 0 fully saturated rings. The fourth-order valence-corrected chi connectivity index (χ4v) is 2.00.